The third kappa shape index (κ3) is 2.94. The Labute approximate surface area is 111 Å². The van der Waals surface area contributed by atoms with Gasteiger partial charge in [0, 0.05) is 28.7 Å². The van der Waals surface area contributed by atoms with E-state index in [4.69, 9.17) is 0 Å². The topological polar surface area (TPSA) is 37.8 Å². The molecule has 0 amide bonds. The largest absolute Gasteiger partial charge is 0.358 e. The van der Waals surface area contributed by atoms with Crippen molar-refractivity contribution in [3.05, 3.63) is 5.82 Å². The lowest BCUT2D eigenvalue weighted by Crippen LogP contribution is -2.26. The predicted octanol–water partition coefficient (Wildman–Crippen LogP) is 3.50. The molecule has 17 heavy (non-hydrogen) atoms. The van der Waals surface area contributed by atoms with Gasteiger partial charge in [-0.2, -0.15) is 16.1 Å². The lowest BCUT2D eigenvalue weighted by molar-refractivity contribution is 0.473. The average Bonchev–Trinajstić information content (AvgIpc) is 3.12. The number of aromatic nitrogens is 2. The Hall–Kier alpha value is -0.290. The summed E-state index contributed by atoms with van der Waals surface area (Å²) in [4.78, 5) is 4.60. The summed E-state index contributed by atoms with van der Waals surface area (Å²) in [6.45, 7) is 0. The molecule has 0 spiro atoms. The van der Waals surface area contributed by atoms with E-state index in [2.05, 4.69) is 20.9 Å². The summed E-state index contributed by atoms with van der Waals surface area (Å²) in [5.41, 5.74) is 0. The Balaban J connectivity index is 1.52. The van der Waals surface area contributed by atoms with Crippen LogP contribution in [0.1, 0.15) is 50.3 Å². The van der Waals surface area contributed by atoms with Crippen molar-refractivity contribution in [2.45, 2.75) is 55.7 Å². The van der Waals surface area contributed by atoms with Crippen molar-refractivity contribution in [1.29, 1.82) is 0 Å². The number of rotatable bonds is 4. The molecule has 2 saturated carbocycles. The maximum absolute atomic E-state index is 4.60. The minimum atomic E-state index is 0.624. The molecular formula is C12H19N3S2. The highest BCUT2D eigenvalue weighted by atomic mass is 32.2. The number of hydrogen-bond acceptors (Lipinski definition) is 5. The average molecular weight is 269 g/mol. The van der Waals surface area contributed by atoms with Crippen LogP contribution >= 0.6 is 23.3 Å². The normalized spacial score (nSPS) is 29.2. The fourth-order valence-corrected chi connectivity index (χ4v) is 3.89. The first-order chi connectivity index (χ1) is 8.35. The van der Waals surface area contributed by atoms with Crippen LogP contribution in [0.4, 0.5) is 5.13 Å². The molecule has 0 unspecified atom stereocenters. The van der Waals surface area contributed by atoms with Crippen LogP contribution in [-0.4, -0.2) is 26.9 Å². The standard InChI is InChI=1S/C12H19N3S2/c1-16-10-6-4-9(5-7-10)13-12-14-11(15-17-12)8-2-3-8/h8-10H,2-7H2,1H3,(H,13,14,15). The Bertz CT molecular complexity index is 368. The molecule has 94 valence electrons. The van der Waals surface area contributed by atoms with E-state index in [0.29, 0.717) is 12.0 Å². The molecule has 0 aromatic carbocycles. The molecule has 1 N–H and O–H groups in total. The Morgan fingerprint density at radius 3 is 2.59 bits per heavy atom. The van der Waals surface area contributed by atoms with Gasteiger partial charge in [0.1, 0.15) is 5.82 Å². The first-order valence-electron chi connectivity index (χ1n) is 6.48. The van der Waals surface area contributed by atoms with Crippen LogP contribution in [0.3, 0.4) is 0 Å². The van der Waals surface area contributed by atoms with E-state index in [1.807, 2.05) is 11.8 Å². The molecule has 1 aromatic heterocycles. The van der Waals surface area contributed by atoms with Crippen LogP contribution in [-0.2, 0) is 0 Å². The van der Waals surface area contributed by atoms with Crippen molar-refractivity contribution >= 4 is 28.4 Å². The van der Waals surface area contributed by atoms with E-state index in [9.17, 15) is 0 Å². The van der Waals surface area contributed by atoms with Crippen molar-refractivity contribution in [3.8, 4) is 0 Å². The van der Waals surface area contributed by atoms with Crippen molar-refractivity contribution in [2.24, 2.45) is 0 Å². The van der Waals surface area contributed by atoms with Crippen LogP contribution < -0.4 is 5.32 Å². The zero-order valence-electron chi connectivity index (χ0n) is 10.2. The van der Waals surface area contributed by atoms with Crippen molar-refractivity contribution in [3.63, 3.8) is 0 Å². The molecular weight excluding hydrogens is 250 g/mol. The molecule has 2 fully saturated rings. The summed E-state index contributed by atoms with van der Waals surface area (Å²) in [5.74, 6) is 1.75. The van der Waals surface area contributed by atoms with Gasteiger partial charge in [0.2, 0.25) is 5.13 Å². The minimum absolute atomic E-state index is 0.624. The van der Waals surface area contributed by atoms with Crippen LogP contribution in [0.25, 0.3) is 0 Å². The zero-order chi connectivity index (χ0) is 11.7. The van der Waals surface area contributed by atoms with Gasteiger partial charge in [-0.05, 0) is 44.8 Å². The van der Waals surface area contributed by atoms with Gasteiger partial charge < -0.3 is 5.32 Å². The minimum Gasteiger partial charge on any atom is -0.358 e. The van der Waals surface area contributed by atoms with Gasteiger partial charge in [-0.25, -0.2) is 4.98 Å². The maximum Gasteiger partial charge on any atom is 0.202 e. The van der Waals surface area contributed by atoms with Gasteiger partial charge in [0.25, 0.3) is 0 Å². The second-order valence-electron chi connectivity index (χ2n) is 5.09. The lowest BCUT2D eigenvalue weighted by Gasteiger charge is -2.27. The number of anilines is 1. The Morgan fingerprint density at radius 1 is 1.18 bits per heavy atom. The quantitative estimate of drug-likeness (QED) is 0.908. The smallest absolute Gasteiger partial charge is 0.202 e. The molecule has 1 heterocycles. The first-order valence-corrected chi connectivity index (χ1v) is 8.54. The predicted molar refractivity (Wildman–Crippen MR) is 75.1 cm³/mol. The summed E-state index contributed by atoms with van der Waals surface area (Å²) in [5, 5.41) is 5.48. The van der Waals surface area contributed by atoms with Gasteiger partial charge in [0.15, 0.2) is 0 Å². The number of thioether (sulfide) groups is 1. The highest BCUT2D eigenvalue weighted by molar-refractivity contribution is 7.99. The van der Waals surface area contributed by atoms with E-state index < -0.39 is 0 Å². The van der Waals surface area contributed by atoms with Gasteiger partial charge in [-0.15, -0.1) is 0 Å². The van der Waals surface area contributed by atoms with Gasteiger partial charge >= 0.3 is 0 Å². The monoisotopic (exact) mass is 269 g/mol. The second-order valence-corrected chi connectivity index (χ2v) is 6.98. The zero-order valence-corrected chi connectivity index (χ0v) is 11.8. The van der Waals surface area contributed by atoms with Crippen LogP contribution in [0, 0.1) is 0 Å². The Morgan fingerprint density at radius 2 is 1.94 bits per heavy atom. The highest BCUT2D eigenvalue weighted by Crippen LogP contribution is 2.39. The lowest BCUT2D eigenvalue weighted by atomic mass is 9.95. The summed E-state index contributed by atoms with van der Waals surface area (Å²) in [6, 6.07) is 0.624. The molecule has 0 aliphatic heterocycles. The molecule has 2 aliphatic carbocycles. The Kier molecular flexibility index (Phi) is 3.56. The third-order valence-electron chi connectivity index (χ3n) is 3.72. The molecule has 0 saturated heterocycles. The summed E-state index contributed by atoms with van der Waals surface area (Å²) in [6.07, 6.45) is 10.0. The van der Waals surface area contributed by atoms with Crippen molar-refractivity contribution in [1.82, 2.24) is 9.36 Å². The summed E-state index contributed by atoms with van der Waals surface area (Å²) >= 11 is 3.56. The third-order valence-corrected chi connectivity index (χ3v) is 5.52. The molecule has 1 aromatic rings. The molecule has 0 bridgehead atoms. The van der Waals surface area contributed by atoms with Gasteiger partial charge in [-0.3, -0.25) is 0 Å². The van der Waals surface area contributed by atoms with E-state index in [0.717, 1.165) is 16.2 Å². The van der Waals surface area contributed by atoms with Crippen molar-refractivity contribution < 1.29 is 0 Å². The van der Waals surface area contributed by atoms with Crippen LogP contribution in [0.5, 0.6) is 0 Å². The van der Waals surface area contributed by atoms with Crippen LogP contribution in [0.15, 0.2) is 0 Å². The number of hydrogen-bond donors (Lipinski definition) is 1. The molecule has 5 heteroatoms. The van der Waals surface area contributed by atoms with E-state index in [1.165, 1.54) is 38.5 Å². The van der Waals surface area contributed by atoms with E-state index in [-0.39, 0.29) is 0 Å². The molecule has 3 nitrogen and oxygen atoms in total. The summed E-state index contributed by atoms with van der Waals surface area (Å²) in [7, 11) is 0. The second kappa shape index (κ2) is 5.14. The molecule has 2 aliphatic rings. The fourth-order valence-electron chi connectivity index (χ4n) is 2.42. The first kappa shape index (κ1) is 11.8. The molecule has 3 rings (SSSR count). The van der Waals surface area contributed by atoms with E-state index in [1.54, 1.807) is 11.5 Å². The maximum atomic E-state index is 4.60. The van der Waals surface area contributed by atoms with Crippen molar-refractivity contribution in [2.75, 3.05) is 11.6 Å². The molecule has 0 atom stereocenters. The number of nitrogens with one attached hydrogen (secondary N) is 1. The summed E-state index contributed by atoms with van der Waals surface area (Å²) < 4.78 is 4.44. The van der Waals surface area contributed by atoms with E-state index >= 15 is 0 Å². The van der Waals surface area contributed by atoms with Gasteiger partial charge in [0.05, 0.1) is 0 Å². The molecule has 0 radical (unpaired) electrons. The highest BCUT2D eigenvalue weighted by Gasteiger charge is 2.28. The SMILES string of the molecule is CSC1CCC(Nc2nc(C3CC3)ns2)CC1. The van der Waals surface area contributed by atoms with Gasteiger partial charge in [-0.1, -0.05) is 0 Å². The van der Waals surface area contributed by atoms with Crippen LogP contribution in [0.2, 0.25) is 0 Å². The number of nitrogens with zero attached hydrogens (tertiary/aromatic N) is 2. The fraction of sp³-hybridized carbons (Fsp3) is 0.833.